The number of hydrogen-bond donors (Lipinski definition) is 1. The Morgan fingerprint density at radius 2 is 1.88 bits per heavy atom. The van der Waals surface area contributed by atoms with E-state index < -0.39 is 0 Å². The van der Waals surface area contributed by atoms with Gasteiger partial charge in [-0.1, -0.05) is 30.3 Å². The molecule has 26 heavy (non-hydrogen) atoms. The Hall–Kier alpha value is -2.63. The van der Waals surface area contributed by atoms with Crippen molar-refractivity contribution in [2.45, 2.75) is 25.2 Å². The van der Waals surface area contributed by atoms with Crippen molar-refractivity contribution in [1.29, 1.82) is 0 Å². The van der Waals surface area contributed by atoms with Gasteiger partial charge in [-0.2, -0.15) is 4.98 Å². The van der Waals surface area contributed by atoms with Crippen LogP contribution < -0.4 is 10.6 Å². The first-order valence-electron chi connectivity index (χ1n) is 9.20. The summed E-state index contributed by atoms with van der Waals surface area (Å²) in [6, 6.07) is 11.9. The van der Waals surface area contributed by atoms with Gasteiger partial charge in [-0.25, -0.2) is 4.98 Å². The summed E-state index contributed by atoms with van der Waals surface area (Å²) in [4.78, 5) is 25.6. The number of nitrogens with zero attached hydrogens (tertiary/aromatic N) is 4. The summed E-state index contributed by atoms with van der Waals surface area (Å²) in [6.45, 7) is 2.63. The van der Waals surface area contributed by atoms with Crippen LogP contribution in [0.15, 0.2) is 42.6 Å². The molecule has 2 aromatic rings. The number of rotatable bonds is 2. The van der Waals surface area contributed by atoms with E-state index in [1.165, 1.54) is 0 Å². The van der Waals surface area contributed by atoms with Crippen LogP contribution in [0.5, 0.6) is 0 Å². The number of anilines is 2. The van der Waals surface area contributed by atoms with E-state index in [0.29, 0.717) is 11.8 Å². The fourth-order valence-electron chi connectivity index (χ4n) is 4.44. The van der Waals surface area contributed by atoms with Crippen molar-refractivity contribution in [3.05, 3.63) is 48.2 Å². The first kappa shape index (κ1) is 16.8. The van der Waals surface area contributed by atoms with Gasteiger partial charge in [0.15, 0.2) is 0 Å². The van der Waals surface area contributed by atoms with Crippen molar-refractivity contribution < 1.29 is 4.79 Å². The van der Waals surface area contributed by atoms with Crippen LogP contribution in [0.2, 0.25) is 0 Å². The molecule has 0 unspecified atom stereocenters. The van der Waals surface area contributed by atoms with Gasteiger partial charge in [0.1, 0.15) is 5.82 Å². The van der Waals surface area contributed by atoms with Crippen LogP contribution in [-0.4, -0.2) is 47.5 Å². The molecule has 6 heteroatoms. The maximum absolute atomic E-state index is 12.8. The molecule has 2 fully saturated rings. The summed E-state index contributed by atoms with van der Waals surface area (Å²) in [5.41, 5.74) is 7.09. The lowest BCUT2D eigenvalue weighted by molar-refractivity contribution is -0.138. The lowest BCUT2D eigenvalue weighted by Crippen LogP contribution is -2.53. The zero-order valence-corrected chi connectivity index (χ0v) is 15.1. The Balaban J connectivity index is 1.51. The largest absolute Gasteiger partial charge is 0.384 e. The van der Waals surface area contributed by atoms with Crippen molar-refractivity contribution in [3.8, 4) is 0 Å². The van der Waals surface area contributed by atoms with Crippen LogP contribution in [0.1, 0.15) is 30.7 Å². The second kappa shape index (κ2) is 6.59. The third-order valence-electron chi connectivity index (χ3n) is 5.86. The number of likely N-dealkylation sites (tertiary alicyclic amines) is 1. The lowest BCUT2D eigenvalue weighted by atomic mass is 9.68. The number of carbonyl (C=O) groups is 1. The number of aromatic nitrogens is 2. The van der Waals surface area contributed by atoms with E-state index in [-0.39, 0.29) is 17.2 Å². The molecule has 1 amide bonds. The van der Waals surface area contributed by atoms with Crippen molar-refractivity contribution in [2.24, 2.45) is 5.41 Å². The van der Waals surface area contributed by atoms with Gasteiger partial charge >= 0.3 is 0 Å². The van der Waals surface area contributed by atoms with Gasteiger partial charge < -0.3 is 15.5 Å². The number of benzene rings is 1. The summed E-state index contributed by atoms with van der Waals surface area (Å²) in [6.07, 6.45) is 4.70. The molecule has 1 aromatic carbocycles. The van der Waals surface area contributed by atoms with E-state index in [4.69, 9.17) is 5.73 Å². The average Bonchev–Trinajstić information content (AvgIpc) is 2.66. The topological polar surface area (TPSA) is 75.3 Å². The minimum atomic E-state index is -0.0369. The number of hydrogen-bond acceptors (Lipinski definition) is 5. The molecule has 0 saturated carbocycles. The SMILES string of the molecule is CN1CC2(CCN(c3nccc(N)n3)CC2)C[C@@H](c2ccccc2)C1=O. The van der Waals surface area contributed by atoms with Crippen molar-refractivity contribution in [2.75, 3.05) is 37.3 Å². The Morgan fingerprint density at radius 3 is 2.58 bits per heavy atom. The molecule has 4 rings (SSSR count). The van der Waals surface area contributed by atoms with Gasteiger partial charge in [0.25, 0.3) is 0 Å². The maximum atomic E-state index is 12.8. The van der Waals surface area contributed by atoms with Gasteiger partial charge in [0.2, 0.25) is 11.9 Å². The van der Waals surface area contributed by atoms with Crippen molar-refractivity contribution >= 4 is 17.7 Å². The second-order valence-corrected chi connectivity index (χ2v) is 7.63. The van der Waals surface area contributed by atoms with Gasteiger partial charge in [0.05, 0.1) is 5.92 Å². The van der Waals surface area contributed by atoms with Gasteiger partial charge in [-0.15, -0.1) is 0 Å². The normalized spacial score (nSPS) is 22.7. The molecule has 0 radical (unpaired) electrons. The molecule has 2 saturated heterocycles. The first-order valence-corrected chi connectivity index (χ1v) is 9.20. The third kappa shape index (κ3) is 3.11. The Bertz CT molecular complexity index is 786. The van der Waals surface area contributed by atoms with Gasteiger partial charge in [-0.05, 0) is 36.3 Å². The average molecular weight is 351 g/mol. The molecule has 1 atom stereocenters. The van der Waals surface area contributed by atoms with Crippen LogP contribution in [0, 0.1) is 5.41 Å². The lowest BCUT2D eigenvalue weighted by Gasteiger charge is -2.49. The molecule has 0 aliphatic carbocycles. The molecule has 1 spiro atoms. The first-order chi connectivity index (χ1) is 12.6. The van der Waals surface area contributed by atoms with E-state index >= 15 is 0 Å². The van der Waals surface area contributed by atoms with E-state index in [1.54, 1.807) is 12.3 Å². The van der Waals surface area contributed by atoms with E-state index in [9.17, 15) is 4.79 Å². The fourth-order valence-corrected chi connectivity index (χ4v) is 4.44. The minimum Gasteiger partial charge on any atom is -0.384 e. The zero-order valence-electron chi connectivity index (χ0n) is 15.1. The molecule has 0 bridgehead atoms. The Morgan fingerprint density at radius 1 is 1.15 bits per heavy atom. The number of piperidine rings is 2. The van der Waals surface area contributed by atoms with Crippen LogP contribution in [0.3, 0.4) is 0 Å². The number of nitrogen functional groups attached to an aromatic ring is 1. The molecular formula is C20H25N5O. The number of carbonyl (C=O) groups excluding carboxylic acids is 1. The number of nitrogens with two attached hydrogens (primary N) is 1. The van der Waals surface area contributed by atoms with Crippen molar-refractivity contribution in [3.63, 3.8) is 0 Å². The summed E-state index contributed by atoms with van der Waals surface area (Å²) in [7, 11) is 1.94. The Labute approximate surface area is 154 Å². The van der Waals surface area contributed by atoms with E-state index in [1.807, 2.05) is 30.1 Å². The van der Waals surface area contributed by atoms with Crippen molar-refractivity contribution in [1.82, 2.24) is 14.9 Å². The molecular weight excluding hydrogens is 326 g/mol. The van der Waals surface area contributed by atoms with Crippen LogP contribution in [0.4, 0.5) is 11.8 Å². The zero-order chi connectivity index (χ0) is 18.1. The maximum Gasteiger partial charge on any atom is 0.229 e. The predicted octanol–water partition coefficient (Wildman–Crippen LogP) is 2.29. The monoisotopic (exact) mass is 351 g/mol. The van der Waals surface area contributed by atoms with Crippen LogP contribution in [-0.2, 0) is 4.79 Å². The summed E-state index contributed by atoms with van der Waals surface area (Å²) >= 11 is 0. The molecule has 6 nitrogen and oxygen atoms in total. The minimum absolute atomic E-state index is 0.0369. The highest BCUT2D eigenvalue weighted by molar-refractivity contribution is 5.84. The highest BCUT2D eigenvalue weighted by atomic mass is 16.2. The van der Waals surface area contributed by atoms with E-state index in [2.05, 4.69) is 27.0 Å². The fraction of sp³-hybridized carbons (Fsp3) is 0.450. The van der Waals surface area contributed by atoms with E-state index in [0.717, 1.165) is 44.5 Å². The smallest absolute Gasteiger partial charge is 0.229 e. The van der Waals surface area contributed by atoms with Crippen LogP contribution in [0.25, 0.3) is 0 Å². The summed E-state index contributed by atoms with van der Waals surface area (Å²) in [5, 5.41) is 0. The number of likely N-dealkylation sites (N-methyl/N-ethyl adjacent to an activating group) is 1. The number of amides is 1. The summed E-state index contributed by atoms with van der Waals surface area (Å²) < 4.78 is 0. The molecule has 2 aliphatic rings. The third-order valence-corrected chi connectivity index (χ3v) is 5.86. The second-order valence-electron chi connectivity index (χ2n) is 7.63. The molecule has 1 aromatic heterocycles. The Kier molecular flexibility index (Phi) is 4.26. The highest BCUT2D eigenvalue weighted by Crippen LogP contribution is 2.45. The molecule has 2 aliphatic heterocycles. The molecule has 3 heterocycles. The highest BCUT2D eigenvalue weighted by Gasteiger charge is 2.45. The van der Waals surface area contributed by atoms with Crippen LogP contribution >= 0.6 is 0 Å². The molecule has 2 N–H and O–H groups in total. The van der Waals surface area contributed by atoms with Gasteiger partial charge in [-0.3, -0.25) is 4.79 Å². The predicted molar refractivity (Wildman–Crippen MR) is 102 cm³/mol. The van der Waals surface area contributed by atoms with Gasteiger partial charge in [0, 0.05) is 32.9 Å². The molecule has 136 valence electrons. The standard InChI is InChI=1S/C20H25N5O/c1-24-14-20(13-16(18(24)26)15-5-3-2-4-6-15)8-11-25(12-9-20)19-22-10-7-17(21)23-19/h2-7,10,16H,8-9,11-14H2,1H3,(H2,21,22,23)/t16-/m0/s1. The summed E-state index contributed by atoms with van der Waals surface area (Å²) in [5.74, 6) is 1.41. The quantitative estimate of drug-likeness (QED) is 0.898.